The molecule has 0 amide bonds. The van der Waals surface area contributed by atoms with E-state index < -0.39 is 19.4 Å². The summed E-state index contributed by atoms with van der Waals surface area (Å²) >= 11 is 0. The summed E-state index contributed by atoms with van der Waals surface area (Å²) in [6.07, 6.45) is -1.41. The zero-order valence-corrected chi connectivity index (χ0v) is 8.69. The SMILES string of the molecule is O.O.O=C(O)C(O)c1ccccc1.OB(O)O.[NaH]. The summed E-state index contributed by atoms with van der Waals surface area (Å²) in [6.45, 7) is 0. The second-order valence-corrected chi connectivity index (χ2v) is 2.50. The van der Waals surface area contributed by atoms with Crippen LogP contribution in [0.2, 0.25) is 0 Å². The van der Waals surface area contributed by atoms with E-state index in [2.05, 4.69) is 0 Å². The number of carboxylic acids is 1. The Labute approximate surface area is 126 Å². The van der Waals surface area contributed by atoms with Crippen molar-refractivity contribution in [2.45, 2.75) is 6.10 Å². The predicted molar refractivity (Wildman–Crippen MR) is 65.8 cm³/mol. The minimum atomic E-state index is -2.17. The van der Waals surface area contributed by atoms with Crippen molar-refractivity contribution in [2.24, 2.45) is 0 Å². The third-order valence-electron chi connectivity index (χ3n) is 1.35. The van der Waals surface area contributed by atoms with E-state index in [9.17, 15) is 4.79 Å². The van der Waals surface area contributed by atoms with Crippen LogP contribution in [0.4, 0.5) is 0 Å². The zero-order chi connectivity index (χ0) is 11.8. The summed E-state index contributed by atoms with van der Waals surface area (Å²) in [4.78, 5) is 10.2. The Balaban J connectivity index is -0.000000125. The van der Waals surface area contributed by atoms with Gasteiger partial charge in [-0.25, -0.2) is 4.79 Å². The number of carboxylic acid groups (broad SMARTS) is 1. The van der Waals surface area contributed by atoms with Crippen molar-refractivity contribution < 1.29 is 41.0 Å². The first kappa shape index (κ1) is 26.2. The molecule has 1 aromatic carbocycles. The van der Waals surface area contributed by atoms with Crippen molar-refractivity contribution in [3.05, 3.63) is 35.9 Å². The van der Waals surface area contributed by atoms with Crippen LogP contribution in [0, 0.1) is 0 Å². The van der Waals surface area contributed by atoms with Gasteiger partial charge in [-0.3, -0.25) is 0 Å². The van der Waals surface area contributed by atoms with Crippen LogP contribution >= 0.6 is 0 Å². The molecule has 0 saturated heterocycles. The second-order valence-electron chi connectivity index (χ2n) is 2.50. The molecule has 1 unspecified atom stereocenters. The molecule has 0 spiro atoms. The van der Waals surface area contributed by atoms with Gasteiger partial charge in [-0.05, 0) is 5.56 Å². The average molecular weight is 274 g/mol. The number of aliphatic carboxylic acids is 1. The Kier molecular flexibility index (Phi) is 21.2. The van der Waals surface area contributed by atoms with Crippen LogP contribution in [0.5, 0.6) is 0 Å². The Morgan fingerprint density at radius 3 is 1.67 bits per heavy atom. The molecule has 9 N–H and O–H groups in total. The quantitative estimate of drug-likeness (QED) is 0.348. The molecule has 1 atom stereocenters. The van der Waals surface area contributed by atoms with Gasteiger partial charge >= 0.3 is 42.8 Å². The van der Waals surface area contributed by atoms with Crippen molar-refractivity contribution in [3.8, 4) is 0 Å². The number of benzene rings is 1. The third kappa shape index (κ3) is 13.6. The van der Waals surface area contributed by atoms with Crippen molar-refractivity contribution in [1.82, 2.24) is 0 Å². The minimum absolute atomic E-state index is 0. The van der Waals surface area contributed by atoms with Gasteiger partial charge in [0.05, 0.1) is 0 Å². The topological polar surface area (TPSA) is 181 Å². The van der Waals surface area contributed by atoms with Crippen LogP contribution in [0.1, 0.15) is 11.7 Å². The van der Waals surface area contributed by atoms with Gasteiger partial charge < -0.3 is 36.2 Å². The monoisotopic (exact) mass is 274 g/mol. The molecule has 0 aliphatic heterocycles. The van der Waals surface area contributed by atoms with Crippen LogP contribution in [-0.4, -0.2) is 79.1 Å². The van der Waals surface area contributed by atoms with E-state index in [-0.39, 0.29) is 40.5 Å². The van der Waals surface area contributed by atoms with Crippen LogP contribution in [0.25, 0.3) is 0 Å². The average Bonchev–Trinajstić information content (AvgIpc) is 2.17. The van der Waals surface area contributed by atoms with E-state index in [0.29, 0.717) is 5.56 Å². The van der Waals surface area contributed by atoms with Crippen LogP contribution in [-0.2, 0) is 4.79 Å². The molecular formula is C8H16BNaO8. The summed E-state index contributed by atoms with van der Waals surface area (Å²) < 4.78 is 0. The predicted octanol–water partition coefficient (Wildman–Crippen LogP) is -3.55. The number of hydrogen-bond donors (Lipinski definition) is 5. The van der Waals surface area contributed by atoms with Crippen molar-refractivity contribution in [1.29, 1.82) is 0 Å². The molecule has 8 nitrogen and oxygen atoms in total. The van der Waals surface area contributed by atoms with Gasteiger partial charge in [-0.2, -0.15) is 0 Å². The summed E-state index contributed by atoms with van der Waals surface area (Å²) in [6, 6.07) is 8.26. The Morgan fingerprint density at radius 1 is 1.06 bits per heavy atom. The standard InChI is InChI=1S/C8H8O3.BH3O3.Na.2H2O.H/c9-7(8(10)11)6-4-2-1-3-5-6;2-1(3)4;;;;/h1-5,7,9H,(H,10,11);2-4H;;2*1H2;. The molecule has 10 heteroatoms. The summed E-state index contributed by atoms with van der Waals surface area (Å²) in [5.74, 6) is -1.23. The molecule has 0 aromatic heterocycles. The maximum absolute atomic E-state index is 10.2. The molecule has 100 valence electrons. The van der Waals surface area contributed by atoms with E-state index in [1.165, 1.54) is 0 Å². The fourth-order valence-corrected chi connectivity index (χ4v) is 0.778. The Bertz CT molecular complexity index is 294. The maximum atomic E-state index is 10.2. The summed E-state index contributed by atoms with van der Waals surface area (Å²) in [5, 5.41) is 38.9. The first-order chi connectivity index (χ1) is 6.95. The van der Waals surface area contributed by atoms with Crippen molar-refractivity contribution in [3.63, 3.8) is 0 Å². The number of carbonyl (C=O) groups is 1. The number of aliphatic hydroxyl groups excluding tert-OH is 1. The molecule has 0 aliphatic carbocycles. The van der Waals surface area contributed by atoms with Crippen LogP contribution in [0.3, 0.4) is 0 Å². The fourth-order valence-electron chi connectivity index (χ4n) is 0.778. The summed E-state index contributed by atoms with van der Waals surface area (Å²) in [7, 11) is -2.17. The molecule has 0 fully saturated rings. The number of hydrogen-bond acceptors (Lipinski definition) is 5. The number of rotatable bonds is 2. The van der Waals surface area contributed by atoms with Crippen molar-refractivity contribution in [2.75, 3.05) is 0 Å². The normalized spacial score (nSPS) is 9.11. The molecule has 18 heavy (non-hydrogen) atoms. The molecule has 0 saturated carbocycles. The van der Waals surface area contributed by atoms with Gasteiger partial charge in [0.15, 0.2) is 6.10 Å². The zero-order valence-electron chi connectivity index (χ0n) is 8.69. The summed E-state index contributed by atoms with van der Waals surface area (Å²) in [5.41, 5.74) is 0.403. The third-order valence-corrected chi connectivity index (χ3v) is 1.35. The molecule has 1 aromatic rings. The molecule has 0 aliphatic rings. The van der Waals surface area contributed by atoms with Gasteiger partial charge in [0.25, 0.3) is 0 Å². The molecule has 0 radical (unpaired) electrons. The van der Waals surface area contributed by atoms with Gasteiger partial charge in [0.2, 0.25) is 0 Å². The van der Waals surface area contributed by atoms with Crippen LogP contribution in [0.15, 0.2) is 30.3 Å². The first-order valence-corrected chi connectivity index (χ1v) is 3.95. The van der Waals surface area contributed by atoms with Gasteiger partial charge in [0, 0.05) is 0 Å². The molecule has 1 rings (SSSR count). The van der Waals surface area contributed by atoms with Gasteiger partial charge in [-0.1, -0.05) is 30.3 Å². The van der Waals surface area contributed by atoms with E-state index in [0.717, 1.165) is 0 Å². The molecule has 0 heterocycles. The van der Waals surface area contributed by atoms with E-state index >= 15 is 0 Å². The van der Waals surface area contributed by atoms with Gasteiger partial charge in [-0.15, -0.1) is 0 Å². The fraction of sp³-hybridized carbons (Fsp3) is 0.125. The van der Waals surface area contributed by atoms with E-state index in [1.807, 2.05) is 0 Å². The second kappa shape index (κ2) is 14.6. The van der Waals surface area contributed by atoms with E-state index in [4.69, 9.17) is 25.3 Å². The van der Waals surface area contributed by atoms with Crippen LogP contribution < -0.4 is 0 Å². The Hall–Kier alpha value is -0.485. The Morgan fingerprint density at radius 2 is 1.39 bits per heavy atom. The molecule has 0 bridgehead atoms. The van der Waals surface area contributed by atoms with Gasteiger partial charge in [0.1, 0.15) is 0 Å². The van der Waals surface area contributed by atoms with E-state index in [1.54, 1.807) is 30.3 Å². The number of aliphatic hydroxyl groups is 1. The first-order valence-electron chi connectivity index (χ1n) is 3.95. The molecular weight excluding hydrogens is 258 g/mol. The van der Waals surface area contributed by atoms with Crippen molar-refractivity contribution >= 4 is 42.8 Å².